The van der Waals surface area contributed by atoms with Crippen molar-refractivity contribution in [3.05, 3.63) is 17.7 Å². The molecule has 2 nitrogen and oxygen atoms in total. The first kappa shape index (κ1) is 11.3. The Morgan fingerprint density at radius 1 is 1.14 bits per heavy atom. The van der Waals surface area contributed by atoms with E-state index in [1.807, 2.05) is 6.33 Å². The van der Waals surface area contributed by atoms with Crippen molar-refractivity contribution in [3.63, 3.8) is 0 Å². The van der Waals surface area contributed by atoms with Crippen molar-refractivity contribution in [2.75, 3.05) is 0 Å². The highest BCUT2D eigenvalue weighted by molar-refractivity contribution is 5.14. The second-order valence-electron chi connectivity index (χ2n) is 4.94. The second-order valence-corrected chi connectivity index (χ2v) is 4.94. The van der Waals surface area contributed by atoms with Gasteiger partial charge in [-0.15, -0.1) is 0 Å². The van der Waals surface area contributed by atoms with Crippen LogP contribution in [0.15, 0.2) is 6.33 Å². The Balaban J connectivity index is 2.82. The lowest BCUT2D eigenvalue weighted by Gasteiger charge is -2.09. The minimum atomic E-state index is 0.691. The van der Waals surface area contributed by atoms with Crippen LogP contribution in [-0.4, -0.2) is 9.55 Å². The fourth-order valence-corrected chi connectivity index (χ4v) is 1.71. The van der Waals surface area contributed by atoms with E-state index in [2.05, 4.69) is 44.3 Å². The van der Waals surface area contributed by atoms with Crippen LogP contribution in [0.2, 0.25) is 0 Å². The number of nitrogens with zero attached hydrogens (tertiary/aromatic N) is 2. The molecule has 0 unspecified atom stereocenters. The van der Waals surface area contributed by atoms with Gasteiger partial charge in [0.1, 0.15) is 0 Å². The third-order valence-corrected chi connectivity index (χ3v) is 2.35. The Morgan fingerprint density at radius 2 is 1.71 bits per heavy atom. The monoisotopic (exact) mass is 194 g/mol. The summed E-state index contributed by atoms with van der Waals surface area (Å²) in [6, 6.07) is 0. The van der Waals surface area contributed by atoms with E-state index in [4.69, 9.17) is 0 Å². The first-order chi connectivity index (χ1) is 6.50. The molecule has 1 aromatic rings. The van der Waals surface area contributed by atoms with Crippen LogP contribution in [0.4, 0.5) is 0 Å². The molecular weight excluding hydrogens is 172 g/mol. The summed E-state index contributed by atoms with van der Waals surface area (Å²) in [5.74, 6) is 1.40. The summed E-state index contributed by atoms with van der Waals surface area (Å²) in [5, 5.41) is 0. The first-order valence-electron chi connectivity index (χ1n) is 5.49. The van der Waals surface area contributed by atoms with Crippen molar-refractivity contribution in [2.45, 2.75) is 40.5 Å². The highest BCUT2D eigenvalue weighted by Crippen LogP contribution is 2.15. The van der Waals surface area contributed by atoms with E-state index in [9.17, 15) is 0 Å². The molecule has 0 aliphatic carbocycles. The topological polar surface area (TPSA) is 17.8 Å². The summed E-state index contributed by atoms with van der Waals surface area (Å²) in [6.07, 6.45) is 4.18. The molecule has 80 valence electrons. The van der Waals surface area contributed by atoms with Crippen molar-refractivity contribution < 1.29 is 0 Å². The van der Waals surface area contributed by atoms with Gasteiger partial charge in [-0.05, 0) is 24.7 Å². The number of aromatic nitrogens is 2. The van der Waals surface area contributed by atoms with Gasteiger partial charge in [0.25, 0.3) is 0 Å². The maximum absolute atomic E-state index is 4.47. The van der Waals surface area contributed by atoms with Crippen LogP contribution < -0.4 is 0 Å². The molecule has 2 heteroatoms. The van der Waals surface area contributed by atoms with Crippen LogP contribution in [0.5, 0.6) is 0 Å². The fraction of sp³-hybridized carbons (Fsp3) is 0.750. The molecule has 0 aliphatic heterocycles. The van der Waals surface area contributed by atoms with E-state index in [0.717, 1.165) is 12.8 Å². The molecule has 0 atom stereocenters. The van der Waals surface area contributed by atoms with Crippen molar-refractivity contribution in [1.82, 2.24) is 9.55 Å². The molecule has 1 aromatic heterocycles. The largest absolute Gasteiger partial charge is 0.337 e. The molecule has 0 aliphatic rings. The molecule has 0 amide bonds. The summed E-state index contributed by atoms with van der Waals surface area (Å²) in [4.78, 5) is 4.47. The smallest absolute Gasteiger partial charge is 0.0949 e. The van der Waals surface area contributed by atoms with Gasteiger partial charge in [0.15, 0.2) is 0 Å². The van der Waals surface area contributed by atoms with E-state index in [-0.39, 0.29) is 0 Å². The maximum atomic E-state index is 4.47. The van der Waals surface area contributed by atoms with Gasteiger partial charge in [0.05, 0.1) is 12.0 Å². The molecule has 0 bridgehead atoms. The van der Waals surface area contributed by atoms with Crippen LogP contribution in [0.1, 0.15) is 39.1 Å². The summed E-state index contributed by atoms with van der Waals surface area (Å²) in [6.45, 7) is 9.00. The number of hydrogen-bond donors (Lipinski definition) is 0. The number of aryl methyl sites for hydroxylation is 1. The van der Waals surface area contributed by atoms with Gasteiger partial charge >= 0.3 is 0 Å². The Bertz CT molecular complexity index is 285. The molecule has 0 radical (unpaired) electrons. The van der Waals surface area contributed by atoms with Gasteiger partial charge in [-0.3, -0.25) is 0 Å². The highest BCUT2D eigenvalue weighted by atomic mass is 15.0. The number of rotatable bonds is 4. The van der Waals surface area contributed by atoms with E-state index in [1.54, 1.807) is 0 Å². The summed E-state index contributed by atoms with van der Waals surface area (Å²) < 4.78 is 2.16. The molecule has 0 saturated carbocycles. The molecule has 0 spiro atoms. The van der Waals surface area contributed by atoms with E-state index >= 15 is 0 Å². The molecule has 1 heterocycles. The predicted octanol–water partition coefficient (Wildman–Crippen LogP) is 2.82. The lowest BCUT2D eigenvalue weighted by molar-refractivity contribution is 0.590. The highest BCUT2D eigenvalue weighted by Gasteiger charge is 2.11. The van der Waals surface area contributed by atoms with Gasteiger partial charge in [0.2, 0.25) is 0 Å². The zero-order chi connectivity index (χ0) is 10.7. The average molecular weight is 194 g/mol. The van der Waals surface area contributed by atoms with Crippen LogP contribution in [0.25, 0.3) is 0 Å². The molecule has 0 aromatic carbocycles. The Kier molecular flexibility index (Phi) is 3.73. The molecule has 0 saturated heterocycles. The minimum Gasteiger partial charge on any atom is -0.337 e. The number of hydrogen-bond acceptors (Lipinski definition) is 1. The third-order valence-electron chi connectivity index (χ3n) is 2.35. The van der Waals surface area contributed by atoms with Gasteiger partial charge in [-0.25, -0.2) is 4.98 Å². The lowest BCUT2D eigenvalue weighted by atomic mass is 10.0. The second kappa shape index (κ2) is 4.63. The third kappa shape index (κ3) is 2.86. The lowest BCUT2D eigenvalue weighted by Crippen LogP contribution is -2.06. The Morgan fingerprint density at radius 3 is 2.21 bits per heavy atom. The number of imidazole rings is 1. The quantitative estimate of drug-likeness (QED) is 0.720. The van der Waals surface area contributed by atoms with Gasteiger partial charge in [0, 0.05) is 12.7 Å². The van der Waals surface area contributed by atoms with Crippen molar-refractivity contribution >= 4 is 0 Å². The van der Waals surface area contributed by atoms with Crippen molar-refractivity contribution in [2.24, 2.45) is 18.9 Å². The van der Waals surface area contributed by atoms with Crippen molar-refractivity contribution in [3.8, 4) is 0 Å². The van der Waals surface area contributed by atoms with E-state index < -0.39 is 0 Å². The van der Waals surface area contributed by atoms with Crippen LogP contribution in [0, 0.1) is 11.8 Å². The minimum absolute atomic E-state index is 0.691. The van der Waals surface area contributed by atoms with E-state index in [0.29, 0.717) is 11.8 Å². The van der Waals surface area contributed by atoms with Crippen LogP contribution >= 0.6 is 0 Å². The SMILES string of the molecule is CC(C)Cc1ncn(C)c1CC(C)C. The van der Waals surface area contributed by atoms with Gasteiger partial charge in [-0.1, -0.05) is 27.7 Å². The average Bonchev–Trinajstić information content (AvgIpc) is 2.34. The zero-order valence-corrected chi connectivity index (χ0v) is 10.0. The first-order valence-corrected chi connectivity index (χ1v) is 5.49. The predicted molar refractivity (Wildman–Crippen MR) is 60.3 cm³/mol. The van der Waals surface area contributed by atoms with Gasteiger partial charge in [-0.2, -0.15) is 0 Å². The normalized spacial score (nSPS) is 11.6. The van der Waals surface area contributed by atoms with E-state index in [1.165, 1.54) is 11.4 Å². The maximum Gasteiger partial charge on any atom is 0.0949 e. The summed E-state index contributed by atoms with van der Waals surface area (Å²) >= 11 is 0. The molecule has 14 heavy (non-hydrogen) atoms. The standard InChI is InChI=1S/C12H22N2/c1-9(2)6-11-12(7-10(3)4)14(5)8-13-11/h8-10H,6-7H2,1-5H3. The molecule has 1 rings (SSSR count). The summed E-state index contributed by atoms with van der Waals surface area (Å²) in [7, 11) is 2.09. The van der Waals surface area contributed by atoms with Crippen molar-refractivity contribution in [1.29, 1.82) is 0 Å². The van der Waals surface area contributed by atoms with Crippen LogP contribution in [-0.2, 0) is 19.9 Å². The fourth-order valence-electron chi connectivity index (χ4n) is 1.71. The van der Waals surface area contributed by atoms with Crippen LogP contribution in [0.3, 0.4) is 0 Å². The molecular formula is C12H22N2. The summed E-state index contributed by atoms with van der Waals surface area (Å²) in [5.41, 5.74) is 2.70. The van der Waals surface area contributed by atoms with Gasteiger partial charge < -0.3 is 4.57 Å². The molecule has 0 N–H and O–H groups in total. The Labute approximate surface area is 87.4 Å². The zero-order valence-electron chi connectivity index (χ0n) is 10.0. The Hall–Kier alpha value is -0.790. The molecule has 0 fully saturated rings.